The van der Waals surface area contributed by atoms with E-state index in [-0.39, 0.29) is 11.8 Å². The van der Waals surface area contributed by atoms with E-state index < -0.39 is 0 Å². The summed E-state index contributed by atoms with van der Waals surface area (Å²) in [6.45, 7) is 2.28. The zero-order valence-electron chi connectivity index (χ0n) is 20.3. The van der Waals surface area contributed by atoms with Crippen molar-refractivity contribution in [3.8, 4) is 5.75 Å². The number of nitrogen functional groups attached to an aromatic ring is 1. The molecule has 5 rings (SSSR count). The smallest absolute Gasteiger partial charge is 0.265 e. The molecule has 2 heterocycles. The van der Waals surface area contributed by atoms with Crippen LogP contribution in [-0.2, 0) is 6.54 Å². The molecule has 9 heteroatoms. The normalized spacial score (nSPS) is 10.9. The van der Waals surface area contributed by atoms with Crippen molar-refractivity contribution in [3.05, 3.63) is 101 Å². The number of nitrogens with one attached hydrogen (secondary N) is 2. The second kappa shape index (κ2) is 10.2. The molecule has 2 amide bonds. The van der Waals surface area contributed by atoms with Crippen LogP contribution >= 0.6 is 11.3 Å². The van der Waals surface area contributed by atoms with Gasteiger partial charge in [0.2, 0.25) is 0 Å². The van der Waals surface area contributed by atoms with Gasteiger partial charge in [-0.15, -0.1) is 11.3 Å². The predicted molar refractivity (Wildman–Crippen MR) is 148 cm³/mol. The highest BCUT2D eigenvalue weighted by Gasteiger charge is 2.16. The van der Waals surface area contributed by atoms with Gasteiger partial charge in [0, 0.05) is 16.0 Å². The maximum Gasteiger partial charge on any atom is 0.265 e. The van der Waals surface area contributed by atoms with Crippen LogP contribution in [0.4, 0.5) is 17.2 Å². The predicted octanol–water partition coefficient (Wildman–Crippen LogP) is 5.55. The fourth-order valence-electron chi connectivity index (χ4n) is 3.99. The number of nitrogens with two attached hydrogens (primary N) is 1. The van der Waals surface area contributed by atoms with Gasteiger partial charge in [-0.2, -0.15) is 5.10 Å². The lowest BCUT2D eigenvalue weighted by Crippen LogP contribution is -2.15. The molecular formula is C28H25N5O3S. The highest BCUT2D eigenvalue weighted by Crippen LogP contribution is 2.27. The molecule has 186 valence electrons. The fourth-order valence-corrected chi connectivity index (χ4v) is 4.95. The van der Waals surface area contributed by atoms with Crippen molar-refractivity contribution in [2.45, 2.75) is 13.5 Å². The van der Waals surface area contributed by atoms with Crippen molar-refractivity contribution in [2.75, 3.05) is 23.5 Å². The number of aromatic nitrogens is 2. The van der Waals surface area contributed by atoms with E-state index in [9.17, 15) is 9.59 Å². The maximum absolute atomic E-state index is 13.0. The molecule has 0 aliphatic heterocycles. The first kappa shape index (κ1) is 24.1. The number of nitrogens with zero attached hydrogens (tertiary/aromatic N) is 2. The number of thiophene rings is 1. The SMILES string of the molecule is COc1ccc(Cn2ncc(NC(=O)c3ccc(NC(=O)c4cc5ccccc5s4)cc3C)c2N)cc1. The lowest BCUT2D eigenvalue weighted by molar-refractivity contribution is 0.102. The number of aryl methyl sites for hydroxylation is 1. The van der Waals surface area contributed by atoms with Crippen LogP contribution in [0.3, 0.4) is 0 Å². The average Bonchev–Trinajstić information content (AvgIpc) is 3.48. The number of hydrogen-bond acceptors (Lipinski definition) is 6. The molecule has 0 aliphatic rings. The molecule has 3 aromatic carbocycles. The number of carbonyl (C=O) groups excluding carboxylic acids is 2. The second-order valence-electron chi connectivity index (χ2n) is 8.54. The summed E-state index contributed by atoms with van der Waals surface area (Å²) in [7, 11) is 1.62. The summed E-state index contributed by atoms with van der Waals surface area (Å²) in [5.74, 6) is 0.630. The maximum atomic E-state index is 13.0. The van der Waals surface area contributed by atoms with Crippen molar-refractivity contribution >= 4 is 50.4 Å². The van der Waals surface area contributed by atoms with E-state index in [1.165, 1.54) is 17.5 Å². The topological polar surface area (TPSA) is 111 Å². The number of ether oxygens (including phenoxy) is 1. The van der Waals surface area contributed by atoms with Gasteiger partial charge in [0.25, 0.3) is 11.8 Å². The third-order valence-electron chi connectivity index (χ3n) is 6.00. The Kier molecular flexibility index (Phi) is 6.61. The van der Waals surface area contributed by atoms with Crippen LogP contribution in [0.1, 0.15) is 31.2 Å². The molecule has 2 aromatic heterocycles. The van der Waals surface area contributed by atoms with Gasteiger partial charge >= 0.3 is 0 Å². The quantitative estimate of drug-likeness (QED) is 0.265. The molecule has 4 N–H and O–H groups in total. The highest BCUT2D eigenvalue weighted by atomic mass is 32.1. The zero-order valence-corrected chi connectivity index (χ0v) is 21.1. The van der Waals surface area contributed by atoms with Crippen LogP contribution in [0.5, 0.6) is 5.75 Å². The number of methoxy groups -OCH3 is 1. The van der Waals surface area contributed by atoms with E-state index in [1.807, 2.05) is 61.5 Å². The van der Waals surface area contributed by atoms with Crippen LogP contribution < -0.4 is 21.1 Å². The molecule has 0 saturated carbocycles. The summed E-state index contributed by atoms with van der Waals surface area (Å²) in [6, 6.07) is 22.5. The number of rotatable bonds is 7. The average molecular weight is 512 g/mol. The van der Waals surface area contributed by atoms with Crippen molar-refractivity contribution in [3.63, 3.8) is 0 Å². The number of fused-ring (bicyclic) bond motifs is 1. The second-order valence-corrected chi connectivity index (χ2v) is 9.62. The van der Waals surface area contributed by atoms with Gasteiger partial charge in [-0.05, 0) is 65.9 Å². The summed E-state index contributed by atoms with van der Waals surface area (Å²) in [5.41, 5.74) is 9.48. The Morgan fingerprint density at radius 1 is 1.00 bits per heavy atom. The van der Waals surface area contributed by atoms with Crippen LogP contribution in [-0.4, -0.2) is 28.7 Å². The number of amides is 2. The van der Waals surface area contributed by atoms with Crippen molar-refractivity contribution in [2.24, 2.45) is 0 Å². The van der Waals surface area contributed by atoms with E-state index >= 15 is 0 Å². The Bertz CT molecular complexity index is 1570. The van der Waals surface area contributed by atoms with Gasteiger partial charge in [-0.3, -0.25) is 9.59 Å². The Balaban J connectivity index is 1.25. The van der Waals surface area contributed by atoms with Crippen molar-refractivity contribution in [1.82, 2.24) is 9.78 Å². The monoisotopic (exact) mass is 511 g/mol. The minimum absolute atomic E-state index is 0.185. The first-order valence-electron chi connectivity index (χ1n) is 11.6. The van der Waals surface area contributed by atoms with E-state index in [0.29, 0.717) is 34.2 Å². The summed E-state index contributed by atoms with van der Waals surface area (Å²) in [5, 5.41) is 11.1. The Morgan fingerprint density at radius 2 is 1.78 bits per heavy atom. The minimum Gasteiger partial charge on any atom is -0.497 e. The molecule has 8 nitrogen and oxygen atoms in total. The van der Waals surface area contributed by atoms with Gasteiger partial charge in [0.05, 0.1) is 24.7 Å². The van der Waals surface area contributed by atoms with E-state index in [4.69, 9.17) is 10.5 Å². The Labute approximate surface area is 217 Å². The highest BCUT2D eigenvalue weighted by molar-refractivity contribution is 7.20. The van der Waals surface area contributed by atoms with Crippen LogP contribution in [0, 0.1) is 6.92 Å². The number of anilines is 3. The minimum atomic E-state index is -0.310. The van der Waals surface area contributed by atoms with Gasteiger partial charge in [0.15, 0.2) is 0 Å². The Hall–Kier alpha value is -4.63. The first-order chi connectivity index (χ1) is 17.9. The number of benzene rings is 3. The summed E-state index contributed by atoms with van der Waals surface area (Å²) >= 11 is 1.44. The molecule has 0 fully saturated rings. The van der Waals surface area contributed by atoms with Gasteiger partial charge < -0.3 is 21.1 Å². The third kappa shape index (κ3) is 5.17. The molecule has 0 bridgehead atoms. The molecule has 0 unspecified atom stereocenters. The molecular weight excluding hydrogens is 486 g/mol. The van der Waals surface area contributed by atoms with Crippen LogP contribution in [0.25, 0.3) is 10.1 Å². The van der Waals surface area contributed by atoms with Gasteiger partial charge in [-0.1, -0.05) is 30.3 Å². The van der Waals surface area contributed by atoms with Crippen LogP contribution in [0.15, 0.2) is 79.0 Å². The molecule has 0 radical (unpaired) electrons. The summed E-state index contributed by atoms with van der Waals surface area (Å²) < 4.78 is 7.87. The molecule has 37 heavy (non-hydrogen) atoms. The van der Waals surface area contributed by atoms with Crippen molar-refractivity contribution < 1.29 is 14.3 Å². The molecule has 0 saturated heterocycles. The lowest BCUT2D eigenvalue weighted by Gasteiger charge is -2.10. The standard InChI is InChI=1S/C28H25N5O3S/c1-17-13-20(31-28(35)25-14-19-5-3-4-6-24(19)37-25)9-12-22(17)27(34)32-23-15-30-33(26(23)29)16-18-7-10-21(36-2)11-8-18/h3-15H,16,29H2,1-2H3,(H,31,35)(H,32,34). The summed E-state index contributed by atoms with van der Waals surface area (Å²) in [6.07, 6.45) is 1.53. The fraction of sp³-hybridized carbons (Fsp3) is 0.107. The van der Waals surface area contributed by atoms with Crippen molar-refractivity contribution in [1.29, 1.82) is 0 Å². The van der Waals surface area contributed by atoms with E-state index in [1.54, 1.807) is 30.0 Å². The Morgan fingerprint density at radius 3 is 2.51 bits per heavy atom. The largest absolute Gasteiger partial charge is 0.497 e. The lowest BCUT2D eigenvalue weighted by atomic mass is 10.1. The zero-order chi connectivity index (χ0) is 25.9. The molecule has 5 aromatic rings. The van der Waals surface area contributed by atoms with Gasteiger partial charge in [0.1, 0.15) is 17.3 Å². The number of carbonyl (C=O) groups is 2. The van der Waals surface area contributed by atoms with E-state index in [0.717, 1.165) is 27.0 Å². The number of hydrogen-bond donors (Lipinski definition) is 3. The third-order valence-corrected chi connectivity index (χ3v) is 7.11. The summed E-state index contributed by atoms with van der Waals surface area (Å²) in [4.78, 5) is 26.4. The molecule has 0 atom stereocenters. The van der Waals surface area contributed by atoms with E-state index in [2.05, 4.69) is 15.7 Å². The molecule has 0 aliphatic carbocycles. The molecule has 0 spiro atoms. The van der Waals surface area contributed by atoms with Gasteiger partial charge in [-0.25, -0.2) is 4.68 Å². The first-order valence-corrected chi connectivity index (χ1v) is 12.4. The van der Waals surface area contributed by atoms with Crippen LogP contribution in [0.2, 0.25) is 0 Å².